The Labute approximate surface area is 107 Å². The van der Waals surface area contributed by atoms with E-state index in [0.29, 0.717) is 24.4 Å². The van der Waals surface area contributed by atoms with Gasteiger partial charge in [-0.15, -0.1) is 0 Å². The van der Waals surface area contributed by atoms with Crippen molar-refractivity contribution < 1.29 is 15.8 Å². The van der Waals surface area contributed by atoms with Gasteiger partial charge in [-0.05, 0) is 24.1 Å². The van der Waals surface area contributed by atoms with Crippen LogP contribution >= 0.6 is 0 Å². The van der Waals surface area contributed by atoms with Gasteiger partial charge in [0.05, 0.1) is 12.8 Å². The Balaban J connectivity index is 0.00000180. The quantitative estimate of drug-likeness (QED) is 0.892. The van der Waals surface area contributed by atoms with Crippen LogP contribution in [0, 0.1) is 0 Å². The van der Waals surface area contributed by atoms with Gasteiger partial charge in [0.25, 0.3) is 0 Å². The predicted octanol–water partition coefficient (Wildman–Crippen LogP) is 1.95. The van der Waals surface area contributed by atoms with E-state index >= 15 is 0 Å². The van der Waals surface area contributed by atoms with Gasteiger partial charge in [0.2, 0.25) is 5.91 Å². The first-order valence-electron chi connectivity index (χ1n) is 5.94. The molecule has 1 aromatic carbocycles. The van der Waals surface area contributed by atoms with Crippen LogP contribution in [0.1, 0.15) is 20.3 Å². The lowest BCUT2D eigenvalue weighted by Gasteiger charge is -2.28. The molecule has 0 spiro atoms. The molecule has 1 aliphatic heterocycles. The Morgan fingerprint density at radius 1 is 1.44 bits per heavy atom. The number of hydrogen-bond acceptors (Lipinski definition) is 3. The number of rotatable bonds is 3. The number of hydrogen-bond donors (Lipinski definition) is 1. The number of carbonyl (C=O) groups excluding carboxylic acids is 2. The molecule has 1 aromatic rings. The van der Waals surface area contributed by atoms with Gasteiger partial charge in [0, 0.05) is 14.4 Å². The van der Waals surface area contributed by atoms with Crippen molar-refractivity contribution in [2.45, 2.75) is 19.8 Å². The van der Waals surface area contributed by atoms with Crippen molar-refractivity contribution in [1.29, 1.82) is 0 Å². The molecule has 0 saturated carbocycles. The molecule has 0 atom stereocenters. The Morgan fingerprint density at radius 3 is 2.83 bits per heavy atom. The molecule has 0 bridgehead atoms. The number of imide groups is 1. The largest absolute Gasteiger partial charge is 0.495 e. The first-order valence-corrected chi connectivity index (χ1v) is 5.94. The van der Waals surface area contributed by atoms with Crippen molar-refractivity contribution in [3.05, 3.63) is 23.8 Å². The second-order valence-corrected chi connectivity index (χ2v) is 4.11. The SMILES string of the molecule is CCc1ccc(OC)c(N2CCC(=O)NC2=O)c1.[HH]. The van der Waals surface area contributed by atoms with Crippen LogP contribution in [-0.4, -0.2) is 25.6 Å². The van der Waals surface area contributed by atoms with Crippen LogP contribution in [-0.2, 0) is 11.2 Å². The zero-order chi connectivity index (χ0) is 13.1. The van der Waals surface area contributed by atoms with E-state index in [-0.39, 0.29) is 7.33 Å². The number of benzene rings is 1. The molecule has 1 heterocycles. The molecule has 5 heteroatoms. The molecule has 5 nitrogen and oxygen atoms in total. The number of methoxy groups -OCH3 is 1. The molecular weight excluding hydrogens is 232 g/mol. The van der Waals surface area contributed by atoms with E-state index in [9.17, 15) is 9.59 Å². The number of nitrogens with one attached hydrogen (secondary N) is 1. The first kappa shape index (κ1) is 12.4. The molecule has 0 aliphatic carbocycles. The zero-order valence-corrected chi connectivity index (χ0v) is 10.5. The van der Waals surface area contributed by atoms with E-state index in [4.69, 9.17) is 4.74 Å². The summed E-state index contributed by atoms with van der Waals surface area (Å²) >= 11 is 0. The summed E-state index contributed by atoms with van der Waals surface area (Å²) in [5, 5.41) is 2.31. The highest BCUT2D eigenvalue weighted by molar-refractivity contribution is 6.06. The molecule has 3 amide bonds. The molecule has 1 saturated heterocycles. The van der Waals surface area contributed by atoms with Crippen molar-refractivity contribution in [3.63, 3.8) is 0 Å². The average molecular weight is 250 g/mol. The third-order valence-corrected chi connectivity index (χ3v) is 3.00. The maximum Gasteiger partial charge on any atom is 0.328 e. The van der Waals surface area contributed by atoms with Gasteiger partial charge in [-0.3, -0.25) is 15.0 Å². The highest BCUT2D eigenvalue weighted by atomic mass is 16.5. The Hall–Kier alpha value is -2.04. The van der Waals surface area contributed by atoms with Gasteiger partial charge in [-0.1, -0.05) is 13.0 Å². The van der Waals surface area contributed by atoms with Gasteiger partial charge in [0.1, 0.15) is 5.75 Å². The van der Waals surface area contributed by atoms with E-state index < -0.39 is 6.03 Å². The van der Waals surface area contributed by atoms with Gasteiger partial charge in [-0.25, -0.2) is 4.79 Å². The normalized spacial score (nSPS) is 15.6. The Kier molecular flexibility index (Phi) is 3.50. The fourth-order valence-electron chi connectivity index (χ4n) is 1.96. The van der Waals surface area contributed by atoms with Crippen LogP contribution in [0.15, 0.2) is 18.2 Å². The molecule has 0 aromatic heterocycles. The molecule has 1 N–H and O–H groups in total. The minimum Gasteiger partial charge on any atom is -0.495 e. The lowest BCUT2D eigenvalue weighted by molar-refractivity contribution is -0.120. The number of nitrogens with zero attached hydrogens (tertiary/aromatic N) is 1. The van der Waals surface area contributed by atoms with Gasteiger partial charge in [-0.2, -0.15) is 0 Å². The van der Waals surface area contributed by atoms with Gasteiger partial charge < -0.3 is 4.74 Å². The van der Waals surface area contributed by atoms with Crippen LogP contribution in [0.2, 0.25) is 0 Å². The van der Waals surface area contributed by atoms with Gasteiger partial charge >= 0.3 is 6.03 Å². The molecular formula is C13H18N2O3. The monoisotopic (exact) mass is 250 g/mol. The summed E-state index contributed by atoms with van der Waals surface area (Å²) in [6.45, 7) is 2.43. The van der Waals surface area contributed by atoms with E-state index in [2.05, 4.69) is 5.32 Å². The summed E-state index contributed by atoms with van der Waals surface area (Å²) in [7, 11) is 1.57. The van der Waals surface area contributed by atoms with Crippen LogP contribution in [0.4, 0.5) is 10.5 Å². The van der Waals surface area contributed by atoms with Crippen LogP contribution in [0.3, 0.4) is 0 Å². The predicted molar refractivity (Wildman–Crippen MR) is 70.0 cm³/mol. The van der Waals surface area contributed by atoms with E-state index in [1.165, 1.54) is 0 Å². The van der Waals surface area contributed by atoms with Crippen molar-refractivity contribution in [3.8, 4) is 5.75 Å². The number of aryl methyl sites for hydroxylation is 1. The van der Waals surface area contributed by atoms with E-state index in [1.54, 1.807) is 12.0 Å². The minimum absolute atomic E-state index is 0. The summed E-state index contributed by atoms with van der Waals surface area (Å²) in [4.78, 5) is 24.5. The summed E-state index contributed by atoms with van der Waals surface area (Å²) in [5.41, 5.74) is 1.83. The van der Waals surface area contributed by atoms with Gasteiger partial charge in [0.15, 0.2) is 0 Å². The lowest BCUT2D eigenvalue weighted by Crippen LogP contribution is -2.49. The molecule has 1 fully saturated rings. The fraction of sp³-hybridized carbons (Fsp3) is 0.385. The van der Waals surface area contributed by atoms with Crippen molar-refractivity contribution in [2.75, 3.05) is 18.6 Å². The van der Waals surface area contributed by atoms with Crippen molar-refractivity contribution in [2.24, 2.45) is 0 Å². The summed E-state index contributed by atoms with van der Waals surface area (Å²) in [5.74, 6) is 0.401. The fourth-order valence-corrected chi connectivity index (χ4v) is 1.96. The molecule has 98 valence electrons. The van der Waals surface area contributed by atoms with Crippen LogP contribution < -0.4 is 15.0 Å². The Bertz CT molecular complexity index is 491. The Morgan fingerprint density at radius 2 is 2.22 bits per heavy atom. The molecule has 1 aliphatic rings. The standard InChI is InChI=1S/C13H16N2O3.H2/c1-3-9-4-5-11(18-2)10(8-9)15-7-6-12(16)14-13(15)17;/h4-5,8H,3,6-7H2,1-2H3,(H,14,16,17);1H. The summed E-state index contributed by atoms with van der Waals surface area (Å²) in [6.07, 6.45) is 1.19. The highest BCUT2D eigenvalue weighted by Gasteiger charge is 2.26. The molecule has 0 unspecified atom stereocenters. The zero-order valence-electron chi connectivity index (χ0n) is 10.5. The summed E-state index contributed by atoms with van der Waals surface area (Å²) < 4.78 is 5.27. The number of ether oxygens (including phenoxy) is 1. The third kappa shape index (κ3) is 2.30. The van der Waals surface area contributed by atoms with E-state index in [1.807, 2.05) is 25.1 Å². The second-order valence-electron chi connectivity index (χ2n) is 4.11. The number of carbonyl (C=O) groups is 2. The van der Waals surface area contributed by atoms with Crippen LogP contribution in [0.5, 0.6) is 5.75 Å². The number of anilines is 1. The molecule has 18 heavy (non-hydrogen) atoms. The third-order valence-electron chi connectivity index (χ3n) is 3.00. The second kappa shape index (κ2) is 5.08. The molecule has 0 radical (unpaired) electrons. The maximum absolute atomic E-state index is 11.8. The van der Waals surface area contributed by atoms with Crippen molar-refractivity contribution >= 4 is 17.6 Å². The van der Waals surface area contributed by atoms with Crippen LogP contribution in [0.25, 0.3) is 0 Å². The summed E-state index contributed by atoms with van der Waals surface area (Å²) in [6, 6.07) is 5.35. The smallest absolute Gasteiger partial charge is 0.328 e. The average Bonchev–Trinajstić information content (AvgIpc) is 2.38. The highest BCUT2D eigenvalue weighted by Crippen LogP contribution is 2.30. The topological polar surface area (TPSA) is 58.6 Å². The minimum atomic E-state index is -0.391. The lowest BCUT2D eigenvalue weighted by atomic mass is 10.1. The number of urea groups is 1. The first-order chi connectivity index (χ1) is 8.65. The van der Waals surface area contributed by atoms with Crippen molar-refractivity contribution in [1.82, 2.24) is 5.32 Å². The number of amides is 3. The molecule has 2 rings (SSSR count). The van der Waals surface area contributed by atoms with E-state index in [0.717, 1.165) is 12.0 Å². The maximum atomic E-state index is 11.8.